The number of nitrogens with zero attached hydrogens (tertiary/aromatic N) is 2. The van der Waals surface area contributed by atoms with Gasteiger partial charge in [-0.05, 0) is 68.1 Å². The van der Waals surface area contributed by atoms with Gasteiger partial charge in [-0.25, -0.2) is 5.43 Å². The lowest BCUT2D eigenvalue weighted by molar-refractivity contribution is 0.0955. The molecule has 142 valence electrons. The Morgan fingerprint density at radius 2 is 1.93 bits per heavy atom. The predicted octanol–water partition coefficient (Wildman–Crippen LogP) is 5.48. The molecular weight excluding hydrogens is 381 g/mol. The van der Waals surface area contributed by atoms with Crippen LogP contribution in [0.4, 0.5) is 5.69 Å². The van der Waals surface area contributed by atoms with Crippen LogP contribution in [0.5, 0.6) is 0 Å². The normalized spacial score (nSPS) is 18.4. The summed E-state index contributed by atoms with van der Waals surface area (Å²) in [5.41, 5.74) is 6.27. The molecule has 0 saturated carbocycles. The molecule has 2 aromatic carbocycles. The molecule has 1 unspecified atom stereocenters. The number of hydrazone groups is 1. The largest absolute Gasteiger partial charge is 0.369 e. The van der Waals surface area contributed by atoms with Crippen LogP contribution in [-0.4, -0.2) is 24.7 Å². The zero-order chi connectivity index (χ0) is 19.8. The number of halogens is 2. The third kappa shape index (κ3) is 4.12. The lowest BCUT2D eigenvalue weighted by atomic mass is 9.80. The van der Waals surface area contributed by atoms with Crippen molar-refractivity contribution in [2.75, 3.05) is 11.9 Å². The van der Waals surface area contributed by atoms with E-state index in [9.17, 15) is 4.79 Å². The fraction of sp³-hybridized carbons (Fsp3) is 0.333. The SMILES string of the molecule is CC1CC(C)(C)N(C)c2cc(Cl)c(/C=N\NC(=O)c3ccc(Cl)cc3)cc21. The van der Waals surface area contributed by atoms with Crippen LogP contribution < -0.4 is 10.3 Å². The zero-order valence-electron chi connectivity index (χ0n) is 15.9. The summed E-state index contributed by atoms with van der Waals surface area (Å²) in [6.07, 6.45) is 2.64. The molecule has 0 spiro atoms. The Hall–Kier alpha value is -2.04. The molecule has 0 bridgehead atoms. The number of nitrogens with one attached hydrogen (secondary N) is 1. The quantitative estimate of drug-likeness (QED) is 0.544. The summed E-state index contributed by atoms with van der Waals surface area (Å²) in [5, 5.41) is 5.26. The van der Waals surface area contributed by atoms with E-state index in [1.807, 2.05) is 6.07 Å². The first-order valence-electron chi connectivity index (χ1n) is 8.85. The second kappa shape index (κ2) is 7.53. The molecule has 0 saturated heterocycles. The van der Waals surface area contributed by atoms with E-state index in [1.165, 1.54) is 5.56 Å². The number of rotatable bonds is 3. The van der Waals surface area contributed by atoms with Crippen LogP contribution in [0.15, 0.2) is 41.5 Å². The molecule has 1 heterocycles. The highest BCUT2D eigenvalue weighted by Gasteiger charge is 2.34. The smallest absolute Gasteiger partial charge is 0.271 e. The predicted molar refractivity (Wildman–Crippen MR) is 113 cm³/mol. The van der Waals surface area contributed by atoms with Crippen molar-refractivity contribution in [1.29, 1.82) is 0 Å². The Kier molecular flexibility index (Phi) is 5.50. The third-order valence-corrected chi connectivity index (χ3v) is 5.81. The number of anilines is 1. The summed E-state index contributed by atoms with van der Waals surface area (Å²) in [6.45, 7) is 6.70. The maximum Gasteiger partial charge on any atom is 0.271 e. The molecule has 1 N–H and O–H groups in total. The molecule has 0 aliphatic carbocycles. The molecule has 6 heteroatoms. The van der Waals surface area contributed by atoms with Crippen molar-refractivity contribution in [3.05, 3.63) is 63.1 Å². The summed E-state index contributed by atoms with van der Waals surface area (Å²) < 4.78 is 0. The lowest BCUT2D eigenvalue weighted by Gasteiger charge is -2.45. The van der Waals surface area contributed by atoms with Crippen LogP contribution in [-0.2, 0) is 0 Å². The monoisotopic (exact) mass is 403 g/mol. The van der Waals surface area contributed by atoms with Gasteiger partial charge in [0.2, 0.25) is 0 Å². The molecule has 0 radical (unpaired) electrons. The number of hydrogen-bond donors (Lipinski definition) is 1. The average Bonchev–Trinajstić information content (AvgIpc) is 2.61. The van der Waals surface area contributed by atoms with E-state index in [-0.39, 0.29) is 11.4 Å². The standard InChI is InChI=1S/C21H23Cl2N3O/c1-13-11-21(2,3)26(4)19-10-18(23)15(9-17(13)19)12-24-25-20(27)14-5-7-16(22)8-6-14/h5-10,12-13H,11H2,1-4H3,(H,25,27)/b24-12-. The molecule has 0 fully saturated rings. The van der Waals surface area contributed by atoms with E-state index in [4.69, 9.17) is 23.2 Å². The highest BCUT2D eigenvalue weighted by molar-refractivity contribution is 6.33. The van der Waals surface area contributed by atoms with Gasteiger partial charge in [-0.3, -0.25) is 4.79 Å². The summed E-state index contributed by atoms with van der Waals surface area (Å²) in [7, 11) is 2.10. The molecule has 3 rings (SSSR count). The summed E-state index contributed by atoms with van der Waals surface area (Å²) in [6, 6.07) is 10.7. The minimum atomic E-state index is -0.299. The van der Waals surface area contributed by atoms with Crippen LogP contribution in [0.25, 0.3) is 0 Å². The number of carbonyl (C=O) groups excluding carboxylic acids is 1. The number of hydrogen-bond acceptors (Lipinski definition) is 3. The van der Waals surface area contributed by atoms with E-state index in [0.29, 0.717) is 21.5 Å². The Morgan fingerprint density at radius 3 is 2.59 bits per heavy atom. The minimum Gasteiger partial charge on any atom is -0.369 e. The lowest BCUT2D eigenvalue weighted by Crippen LogP contribution is -2.45. The second-order valence-corrected chi connectivity index (χ2v) is 8.46. The van der Waals surface area contributed by atoms with Gasteiger partial charge in [-0.1, -0.05) is 30.1 Å². The van der Waals surface area contributed by atoms with Gasteiger partial charge in [-0.15, -0.1) is 0 Å². The first-order valence-corrected chi connectivity index (χ1v) is 9.61. The highest BCUT2D eigenvalue weighted by atomic mass is 35.5. The van der Waals surface area contributed by atoms with E-state index in [2.05, 4.69) is 49.3 Å². The van der Waals surface area contributed by atoms with Crippen molar-refractivity contribution in [2.45, 2.75) is 38.6 Å². The van der Waals surface area contributed by atoms with Crippen LogP contribution in [0.1, 0.15) is 54.6 Å². The Bertz CT molecular complexity index is 891. The molecule has 27 heavy (non-hydrogen) atoms. The second-order valence-electron chi connectivity index (χ2n) is 7.62. The van der Waals surface area contributed by atoms with Crippen molar-refractivity contribution in [3.8, 4) is 0 Å². The van der Waals surface area contributed by atoms with Gasteiger partial charge in [0, 0.05) is 34.4 Å². The van der Waals surface area contributed by atoms with Crippen molar-refractivity contribution in [3.63, 3.8) is 0 Å². The molecule has 4 nitrogen and oxygen atoms in total. The van der Waals surface area contributed by atoms with Gasteiger partial charge in [0.1, 0.15) is 0 Å². The number of amides is 1. The molecule has 2 aromatic rings. The molecule has 0 aromatic heterocycles. The van der Waals surface area contributed by atoms with Crippen molar-refractivity contribution in [1.82, 2.24) is 5.43 Å². The third-order valence-electron chi connectivity index (χ3n) is 5.23. The summed E-state index contributed by atoms with van der Waals surface area (Å²) >= 11 is 12.3. The van der Waals surface area contributed by atoms with Crippen molar-refractivity contribution in [2.24, 2.45) is 5.10 Å². The first-order chi connectivity index (χ1) is 12.7. The first kappa shape index (κ1) is 19.7. The van der Waals surface area contributed by atoms with Gasteiger partial charge in [0.05, 0.1) is 11.2 Å². The number of carbonyl (C=O) groups is 1. The molecule has 1 amide bonds. The van der Waals surface area contributed by atoms with E-state index < -0.39 is 0 Å². The maximum absolute atomic E-state index is 12.1. The maximum atomic E-state index is 12.1. The van der Waals surface area contributed by atoms with Gasteiger partial charge >= 0.3 is 0 Å². The highest BCUT2D eigenvalue weighted by Crippen LogP contribution is 2.44. The van der Waals surface area contributed by atoms with Gasteiger partial charge in [0.15, 0.2) is 0 Å². The molecule has 1 aliphatic rings. The molecular formula is C21H23Cl2N3O. The van der Waals surface area contributed by atoms with E-state index >= 15 is 0 Å². The number of fused-ring (bicyclic) bond motifs is 1. The van der Waals surface area contributed by atoms with Gasteiger partial charge < -0.3 is 4.90 Å². The van der Waals surface area contributed by atoms with Crippen LogP contribution in [0.2, 0.25) is 10.0 Å². The van der Waals surface area contributed by atoms with Crippen LogP contribution in [0.3, 0.4) is 0 Å². The Morgan fingerprint density at radius 1 is 1.26 bits per heavy atom. The van der Waals surface area contributed by atoms with E-state index in [0.717, 1.165) is 17.7 Å². The zero-order valence-corrected chi connectivity index (χ0v) is 17.4. The minimum absolute atomic E-state index is 0.0813. The van der Waals surface area contributed by atoms with Crippen molar-refractivity contribution >= 4 is 41.0 Å². The summed E-state index contributed by atoms with van der Waals surface area (Å²) in [4.78, 5) is 14.4. The van der Waals surface area contributed by atoms with Gasteiger partial charge in [0.25, 0.3) is 5.91 Å². The van der Waals surface area contributed by atoms with Gasteiger partial charge in [-0.2, -0.15) is 5.10 Å². The molecule has 1 aliphatic heterocycles. The fourth-order valence-electron chi connectivity index (χ4n) is 3.53. The van der Waals surface area contributed by atoms with Crippen molar-refractivity contribution < 1.29 is 4.79 Å². The Balaban J connectivity index is 1.80. The summed E-state index contributed by atoms with van der Waals surface area (Å²) in [5.74, 6) is 0.117. The topological polar surface area (TPSA) is 44.7 Å². The molecule has 1 atom stereocenters. The van der Waals surface area contributed by atoms with Crippen LogP contribution >= 0.6 is 23.2 Å². The average molecular weight is 404 g/mol. The Labute approximate surface area is 170 Å². The van der Waals surface area contributed by atoms with Crippen LogP contribution in [0, 0.1) is 0 Å². The van der Waals surface area contributed by atoms with E-state index in [1.54, 1.807) is 30.5 Å². The fourth-order valence-corrected chi connectivity index (χ4v) is 3.86. The number of benzene rings is 2.